The van der Waals surface area contributed by atoms with Crippen molar-refractivity contribution >= 4 is 38.7 Å². The average molecular weight is 532 g/mol. The average Bonchev–Trinajstić information content (AvgIpc) is 3.35. The summed E-state index contributed by atoms with van der Waals surface area (Å²) in [7, 11) is -3.39. The second-order valence-electron chi connectivity index (χ2n) is 9.37. The van der Waals surface area contributed by atoms with E-state index >= 15 is 0 Å². The van der Waals surface area contributed by atoms with Crippen LogP contribution in [0, 0.1) is 20.8 Å². The van der Waals surface area contributed by atoms with Gasteiger partial charge in [0.2, 0.25) is 10.0 Å². The van der Waals surface area contributed by atoms with E-state index in [4.69, 9.17) is 12.2 Å². The monoisotopic (exact) mass is 531 g/mol. The zero-order valence-electron chi connectivity index (χ0n) is 21.1. The predicted molar refractivity (Wildman–Crippen MR) is 153 cm³/mol. The highest BCUT2D eigenvalue weighted by atomic mass is 32.2. The van der Waals surface area contributed by atoms with E-state index < -0.39 is 10.0 Å². The minimum atomic E-state index is -3.39. The standard InChI is InChI=1S/C28H29N5O2S2/c1-18-16-22(13-14-24(18)31-37(4,34)35)33-27(26(30-28(33)36)25-12-8-9-15-29-25)23-17-19(2)32(20(23)3)21-10-6-5-7-11-21/h5-17,26-27,31H,1-4H3,(H,30,36). The Labute approximate surface area is 223 Å². The third-order valence-electron chi connectivity index (χ3n) is 6.68. The fraction of sp³-hybridized carbons (Fsp3) is 0.214. The van der Waals surface area contributed by atoms with Crippen molar-refractivity contribution in [2.75, 3.05) is 15.9 Å². The van der Waals surface area contributed by atoms with E-state index in [2.05, 4.69) is 56.5 Å². The quantitative estimate of drug-likeness (QED) is 0.327. The first kappa shape index (κ1) is 25.0. The Morgan fingerprint density at radius 3 is 2.32 bits per heavy atom. The summed E-state index contributed by atoms with van der Waals surface area (Å²) in [5.74, 6) is 0. The molecular weight excluding hydrogens is 502 g/mol. The molecule has 190 valence electrons. The van der Waals surface area contributed by atoms with Gasteiger partial charge in [0, 0.05) is 29.0 Å². The highest BCUT2D eigenvalue weighted by Crippen LogP contribution is 2.44. The number of anilines is 2. The summed E-state index contributed by atoms with van der Waals surface area (Å²) in [5.41, 5.74) is 7.62. The largest absolute Gasteiger partial charge is 0.351 e. The summed E-state index contributed by atoms with van der Waals surface area (Å²) >= 11 is 5.89. The van der Waals surface area contributed by atoms with Crippen molar-refractivity contribution in [3.63, 3.8) is 0 Å². The van der Waals surface area contributed by atoms with Crippen LogP contribution in [0.15, 0.2) is 79.0 Å². The molecular formula is C28H29N5O2S2. The molecule has 2 aromatic carbocycles. The molecule has 0 aliphatic carbocycles. The van der Waals surface area contributed by atoms with Crippen LogP contribution in [0.2, 0.25) is 0 Å². The van der Waals surface area contributed by atoms with Crippen molar-refractivity contribution in [1.29, 1.82) is 0 Å². The second-order valence-corrected chi connectivity index (χ2v) is 11.5. The Morgan fingerprint density at radius 2 is 1.68 bits per heavy atom. The first-order valence-electron chi connectivity index (χ1n) is 12.0. The van der Waals surface area contributed by atoms with Crippen LogP contribution < -0.4 is 14.9 Å². The number of pyridine rings is 1. The maximum Gasteiger partial charge on any atom is 0.229 e. The molecule has 2 unspecified atom stereocenters. The van der Waals surface area contributed by atoms with Crippen LogP contribution in [0.3, 0.4) is 0 Å². The maximum atomic E-state index is 11.8. The smallest absolute Gasteiger partial charge is 0.229 e. The number of benzene rings is 2. The summed E-state index contributed by atoms with van der Waals surface area (Å²) in [6, 6.07) is 23.7. The summed E-state index contributed by atoms with van der Waals surface area (Å²) in [4.78, 5) is 6.77. The van der Waals surface area contributed by atoms with Crippen molar-refractivity contribution in [3.05, 3.63) is 107 Å². The molecule has 1 aliphatic heterocycles. The minimum absolute atomic E-state index is 0.167. The van der Waals surface area contributed by atoms with Crippen molar-refractivity contribution in [1.82, 2.24) is 14.9 Å². The molecule has 1 fully saturated rings. The topological polar surface area (TPSA) is 79.3 Å². The summed E-state index contributed by atoms with van der Waals surface area (Å²) in [5, 5.41) is 4.10. The van der Waals surface area contributed by atoms with E-state index in [1.165, 1.54) is 0 Å². The highest BCUT2D eigenvalue weighted by Gasteiger charge is 2.42. The lowest BCUT2D eigenvalue weighted by Gasteiger charge is -2.29. The molecule has 1 saturated heterocycles. The van der Waals surface area contributed by atoms with Crippen molar-refractivity contribution < 1.29 is 8.42 Å². The molecule has 0 amide bonds. The third kappa shape index (κ3) is 4.84. The van der Waals surface area contributed by atoms with Crippen LogP contribution in [-0.4, -0.2) is 29.3 Å². The van der Waals surface area contributed by atoms with Gasteiger partial charge >= 0.3 is 0 Å². The fourth-order valence-electron chi connectivity index (χ4n) is 5.12. The molecule has 1 aliphatic rings. The molecule has 3 heterocycles. The van der Waals surface area contributed by atoms with Gasteiger partial charge in [0.15, 0.2) is 5.11 Å². The van der Waals surface area contributed by atoms with Gasteiger partial charge in [-0.3, -0.25) is 9.71 Å². The van der Waals surface area contributed by atoms with Crippen molar-refractivity contribution in [3.8, 4) is 5.69 Å². The molecule has 0 saturated carbocycles. The van der Waals surface area contributed by atoms with Crippen molar-refractivity contribution in [2.45, 2.75) is 32.9 Å². The van der Waals surface area contributed by atoms with Crippen LogP contribution >= 0.6 is 12.2 Å². The first-order chi connectivity index (χ1) is 17.6. The Hall–Kier alpha value is -3.69. The van der Waals surface area contributed by atoms with Gasteiger partial charge in [-0.2, -0.15) is 0 Å². The van der Waals surface area contributed by atoms with Gasteiger partial charge in [0.25, 0.3) is 0 Å². The lowest BCUT2D eigenvalue weighted by Crippen LogP contribution is -2.29. The van der Waals surface area contributed by atoms with Crippen LogP contribution in [-0.2, 0) is 10.0 Å². The zero-order valence-corrected chi connectivity index (χ0v) is 22.8. The Bertz CT molecular complexity index is 1570. The molecule has 2 N–H and O–H groups in total. The number of sulfonamides is 1. The number of nitrogens with zero attached hydrogens (tertiary/aromatic N) is 3. The first-order valence-corrected chi connectivity index (χ1v) is 14.3. The number of para-hydroxylation sites is 1. The summed E-state index contributed by atoms with van der Waals surface area (Å²) in [6.07, 6.45) is 2.94. The van der Waals surface area contributed by atoms with Crippen LogP contribution in [0.25, 0.3) is 5.69 Å². The number of aryl methyl sites for hydroxylation is 2. The Morgan fingerprint density at radius 1 is 0.946 bits per heavy atom. The van der Waals surface area contributed by atoms with Gasteiger partial charge in [-0.05, 0) is 92.6 Å². The SMILES string of the molecule is Cc1cc(N2C(=S)NC(c3ccccn3)C2c2cc(C)n(-c3ccccc3)c2C)ccc1NS(C)(=O)=O. The Balaban J connectivity index is 1.65. The highest BCUT2D eigenvalue weighted by molar-refractivity contribution is 7.92. The third-order valence-corrected chi connectivity index (χ3v) is 7.59. The predicted octanol–water partition coefficient (Wildman–Crippen LogP) is 5.35. The molecule has 0 bridgehead atoms. The van der Waals surface area contributed by atoms with E-state index in [1.54, 1.807) is 12.3 Å². The number of thiocarbonyl (C=S) groups is 1. The molecule has 2 aromatic heterocycles. The van der Waals surface area contributed by atoms with E-state index in [-0.39, 0.29) is 12.1 Å². The molecule has 0 spiro atoms. The van der Waals surface area contributed by atoms with E-state index in [9.17, 15) is 8.42 Å². The number of aromatic nitrogens is 2. The van der Waals surface area contributed by atoms with Gasteiger partial charge in [-0.1, -0.05) is 24.3 Å². The molecule has 9 heteroatoms. The van der Waals surface area contributed by atoms with E-state index in [0.29, 0.717) is 10.8 Å². The summed E-state index contributed by atoms with van der Waals surface area (Å²) < 4.78 is 28.5. The minimum Gasteiger partial charge on any atom is -0.351 e. The van der Waals surface area contributed by atoms with Crippen molar-refractivity contribution in [2.24, 2.45) is 0 Å². The molecule has 37 heavy (non-hydrogen) atoms. The number of hydrogen-bond donors (Lipinski definition) is 2. The molecule has 5 rings (SSSR count). The van der Waals surface area contributed by atoms with E-state index in [1.807, 2.05) is 55.5 Å². The van der Waals surface area contributed by atoms with Crippen LogP contribution in [0.4, 0.5) is 11.4 Å². The van der Waals surface area contributed by atoms with Crippen LogP contribution in [0.5, 0.6) is 0 Å². The summed E-state index contributed by atoms with van der Waals surface area (Å²) in [6.45, 7) is 6.13. The fourth-order valence-corrected chi connectivity index (χ4v) is 6.10. The molecule has 7 nitrogen and oxygen atoms in total. The van der Waals surface area contributed by atoms with Gasteiger partial charge in [0.1, 0.15) is 0 Å². The van der Waals surface area contributed by atoms with E-state index in [0.717, 1.165) is 45.8 Å². The number of nitrogens with one attached hydrogen (secondary N) is 2. The number of hydrogen-bond acceptors (Lipinski definition) is 4. The lowest BCUT2D eigenvalue weighted by molar-refractivity contribution is 0.565. The number of rotatable bonds is 6. The van der Waals surface area contributed by atoms with Gasteiger partial charge in [0.05, 0.1) is 29.7 Å². The van der Waals surface area contributed by atoms with Gasteiger partial charge < -0.3 is 14.8 Å². The van der Waals surface area contributed by atoms with Crippen LogP contribution in [0.1, 0.15) is 40.3 Å². The van der Waals surface area contributed by atoms with Gasteiger partial charge in [-0.15, -0.1) is 0 Å². The molecule has 2 atom stereocenters. The van der Waals surface area contributed by atoms with Gasteiger partial charge in [-0.25, -0.2) is 8.42 Å². The Kier molecular flexibility index (Phi) is 6.51. The maximum absolute atomic E-state index is 11.8. The molecule has 4 aromatic rings. The lowest BCUT2D eigenvalue weighted by atomic mass is 9.96. The normalized spacial score (nSPS) is 17.6. The zero-order chi connectivity index (χ0) is 26.3. The second kappa shape index (κ2) is 9.64. The molecule has 0 radical (unpaired) electrons.